The van der Waals surface area contributed by atoms with E-state index in [-0.39, 0.29) is 23.4 Å². The summed E-state index contributed by atoms with van der Waals surface area (Å²) in [4.78, 5) is 23.0. The molecule has 1 aliphatic rings. The number of amides is 2. The lowest BCUT2D eigenvalue weighted by molar-refractivity contribution is -0.119. The number of carbonyl (C=O) groups is 2. The minimum atomic E-state index is -0.864. The minimum Gasteiger partial charge on any atom is -0.366 e. The quantitative estimate of drug-likeness (QED) is 0.760. The first-order valence-electron chi connectivity index (χ1n) is 6.13. The molecule has 102 valence electrons. The number of halogens is 1. The summed E-state index contributed by atoms with van der Waals surface area (Å²) in [5, 5.41) is 2.66. The van der Waals surface area contributed by atoms with Crippen LogP contribution in [0, 0.1) is 11.7 Å². The van der Waals surface area contributed by atoms with Gasteiger partial charge in [0, 0.05) is 17.6 Å². The molecule has 19 heavy (non-hydrogen) atoms. The Labute approximate surface area is 110 Å². The Kier molecular flexibility index (Phi) is 3.80. The van der Waals surface area contributed by atoms with Crippen molar-refractivity contribution in [3.05, 3.63) is 29.6 Å². The molecule has 0 radical (unpaired) electrons. The summed E-state index contributed by atoms with van der Waals surface area (Å²) in [6, 6.07) is 3.81. The third-order valence-corrected chi connectivity index (χ3v) is 3.34. The number of hydrogen-bond acceptors (Lipinski definition) is 3. The Bertz CT molecular complexity index is 519. The van der Waals surface area contributed by atoms with Crippen LogP contribution in [0.5, 0.6) is 0 Å². The zero-order valence-corrected chi connectivity index (χ0v) is 10.4. The number of nitrogens with two attached hydrogens (primary N) is 2. The SMILES string of the molecule is NC(=O)c1cc(NC(=O)C2CCC(N)C2)ccc1F. The van der Waals surface area contributed by atoms with Gasteiger partial charge in [0.25, 0.3) is 5.91 Å². The number of hydrogen-bond donors (Lipinski definition) is 3. The van der Waals surface area contributed by atoms with Crippen molar-refractivity contribution < 1.29 is 14.0 Å². The third-order valence-electron chi connectivity index (χ3n) is 3.34. The van der Waals surface area contributed by atoms with Crippen molar-refractivity contribution in [2.45, 2.75) is 25.3 Å². The lowest BCUT2D eigenvalue weighted by Gasteiger charge is -2.11. The van der Waals surface area contributed by atoms with E-state index in [0.29, 0.717) is 12.1 Å². The molecule has 6 heteroatoms. The number of nitrogens with one attached hydrogen (secondary N) is 1. The van der Waals surface area contributed by atoms with E-state index in [4.69, 9.17) is 11.5 Å². The number of carbonyl (C=O) groups excluding carboxylic acids is 2. The summed E-state index contributed by atoms with van der Waals surface area (Å²) in [7, 11) is 0. The number of rotatable bonds is 3. The average molecular weight is 265 g/mol. The molecule has 0 spiro atoms. The number of benzene rings is 1. The fourth-order valence-corrected chi connectivity index (χ4v) is 2.29. The van der Waals surface area contributed by atoms with E-state index < -0.39 is 11.7 Å². The average Bonchev–Trinajstić information content (AvgIpc) is 2.78. The molecule has 0 saturated heterocycles. The molecule has 1 aromatic rings. The Morgan fingerprint density at radius 2 is 2.05 bits per heavy atom. The lowest BCUT2D eigenvalue weighted by Crippen LogP contribution is -2.23. The summed E-state index contributed by atoms with van der Waals surface area (Å²) in [6.45, 7) is 0. The molecule has 2 atom stereocenters. The van der Waals surface area contributed by atoms with Crippen molar-refractivity contribution >= 4 is 17.5 Å². The monoisotopic (exact) mass is 265 g/mol. The van der Waals surface area contributed by atoms with Crippen molar-refractivity contribution in [1.29, 1.82) is 0 Å². The highest BCUT2D eigenvalue weighted by Gasteiger charge is 2.27. The molecule has 2 amide bonds. The van der Waals surface area contributed by atoms with Crippen LogP contribution in [-0.2, 0) is 4.79 Å². The smallest absolute Gasteiger partial charge is 0.251 e. The zero-order valence-electron chi connectivity index (χ0n) is 10.4. The second-order valence-corrected chi connectivity index (χ2v) is 4.82. The van der Waals surface area contributed by atoms with Crippen LogP contribution in [0.15, 0.2) is 18.2 Å². The van der Waals surface area contributed by atoms with Crippen LogP contribution in [0.25, 0.3) is 0 Å². The lowest BCUT2D eigenvalue weighted by atomic mass is 10.1. The summed E-state index contributed by atoms with van der Waals surface area (Å²) in [6.07, 6.45) is 2.22. The normalized spacial score (nSPS) is 22.2. The van der Waals surface area contributed by atoms with Crippen LogP contribution < -0.4 is 16.8 Å². The molecule has 2 rings (SSSR count). The highest BCUT2D eigenvalue weighted by Crippen LogP contribution is 2.25. The molecule has 1 aromatic carbocycles. The van der Waals surface area contributed by atoms with E-state index in [1.165, 1.54) is 12.1 Å². The molecule has 5 N–H and O–H groups in total. The Morgan fingerprint density at radius 1 is 1.32 bits per heavy atom. The maximum absolute atomic E-state index is 13.3. The first-order chi connectivity index (χ1) is 8.97. The molecule has 0 aliphatic heterocycles. The van der Waals surface area contributed by atoms with Gasteiger partial charge in [0.2, 0.25) is 5.91 Å². The van der Waals surface area contributed by atoms with Gasteiger partial charge in [-0.1, -0.05) is 0 Å². The summed E-state index contributed by atoms with van der Waals surface area (Å²) in [5.41, 5.74) is 10.9. The van der Waals surface area contributed by atoms with Crippen molar-refractivity contribution in [3.63, 3.8) is 0 Å². The van der Waals surface area contributed by atoms with E-state index in [2.05, 4.69) is 5.32 Å². The predicted octanol–water partition coefficient (Wildman–Crippen LogP) is 0.990. The Balaban J connectivity index is 2.09. The maximum atomic E-state index is 13.3. The van der Waals surface area contributed by atoms with Crippen LogP contribution in [0.2, 0.25) is 0 Å². The van der Waals surface area contributed by atoms with E-state index in [0.717, 1.165) is 18.9 Å². The van der Waals surface area contributed by atoms with Gasteiger partial charge < -0.3 is 16.8 Å². The van der Waals surface area contributed by atoms with Crippen molar-refractivity contribution in [2.24, 2.45) is 17.4 Å². The van der Waals surface area contributed by atoms with Crippen LogP contribution >= 0.6 is 0 Å². The van der Waals surface area contributed by atoms with Crippen molar-refractivity contribution in [3.8, 4) is 0 Å². The summed E-state index contributed by atoms with van der Waals surface area (Å²) >= 11 is 0. The molecule has 5 nitrogen and oxygen atoms in total. The standard InChI is InChI=1S/C13H16FN3O2/c14-11-4-3-9(6-10(11)12(16)18)17-13(19)7-1-2-8(15)5-7/h3-4,6-8H,1-2,5,15H2,(H2,16,18)(H,17,19). The first kappa shape index (κ1) is 13.5. The largest absolute Gasteiger partial charge is 0.366 e. The van der Waals surface area contributed by atoms with Crippen molar-refractivity contribution in [2.75, 3.05) is 5.32 Å². The summed E-state index contributed by atoms with van der Waals surface area (Å²) in [5.74, 6) is -1.85. The predicted molar refractivity (Wildman–Crippen MR) is 68.9 cm³/mol. The molecular weight excluding hydrogens is 249 g/mol. The van der Waals surface area contributed by atoms with Crippen LogP contribution in [0.3, 0.4) is 0 Å². The van der Waals surface area contributed by atoms with Gasteiger partial charge in [-0.05, 0) is 37.5 Å². The van der Waals surface area contributed by atoms with Gasteiger partial charge in [-0.3, -0.25) is 9.59 Å². The highest BCUT2D eigenvalue weighted by atomic mass is 19.1. The van der Waals surface area contributed by atoms with E-state index >= 15 is 0 Å². The maximum Gasteiger partial charge on any atom is 0.251 e. The topological polar surface area (TPSA) is 98.2 Å². The van der Waals surface area contributed by atoms with Crippen LogP contribution in [-0.4, -0.2) is 17.9 Å². The minimum absolute atomic E-state index is 0.0603. The zero-order chi connectivity index (χ0) is 14.0. The number of anilines is 1. The van der Waals surface area contributed by atoms with Crippen LogP contribution in [0.4, 0.5) is 10.1 Å². The Morgan fingerprint density at radius 3 is 2.63 bits per heavy atom. The van der Waals surface area contributed by atoms with Gasteiger partial charge in [-0.2, -0.15) is 0 Å². The van der Waals surface area contributed by atoms with Gasteiger partial charge in [-0.25, -0.2) is 4.39 Å². The molecule has 0 heterocycles. The van der Waals surface area contributed by atoms with Crippen molar-refractivity contribution in [1.82, 2.24) is 0 Å². The fourth-order valence-electron chi connectivity index (χ4n) is 2.29. The van der Waals surface area contributed by atoms with Gasteiger partial charge in [0.15, 0.2) is 0 Å². The molecule has 0 aromatic heterocycles. The van der Waals surface area contributed by atoms with E-state index in [1.54, 1.807) is 0 Å². The Hall–Kier alpha value is -1.95. The second-order valence-electron chi connectivity index (χ2n) is 4.82. The highest BCUT2D eigenvalue weighted by molar-refractivity contribution is 5.97. The van der Waals surface area contributed by atoms with E-state index in [9.17, 15) is 14.0 Å². The molecule has 1 aliphatic carbocycles. The molecule has 2 unspecified atom stereocenters. The summed E-state index contributed by atoms with van der Waals surface area (Å²) < 4.78 is 13.3. The number of primary amides is 1. The van der Waals surface area contributed by atoms with Gasteiger partial charge in [0.1, 0.15) is 5.82 Å². The van der Waals surface area contributed by atoms with Crippen LogP contribution in [0.1, 0.15) is 29.6 Å². The molecule has 1 fully saturated rings. The van der Waals surface area contributed by atoms with Gasteiger partial charge in [-0.15, -0.1) is 0 Å². The van der Waals surface area contributed by atoms with Gasteiger partial charge >= 0.3 is 0 Å². The molecular formula is C13H16FN3O2. The molecule has 0 bridgehead atoms. The van der Waals surface area contributed by atoms with Gasteiger partial charge in [0.05, 0.1) is 5.56 Å². The fraction of sp³-hybridized carbons (Fsp3) is 0.385. The first-order valence-corrected chi connectivity index (χ1v) is 6.13. The second kappa shape index (κ2) is 5.36. The third kappa shape index (κ3) is 3.08. The van der Waals surface area contributed by atoms with E-state index in [1.807, 2.05) is 0 Å². The molecule has 1 saturated carbocycles.